The zero-order valence-electron chi connectivity index (χ0n) is 54.8. The van der Waals surface area contributed by atoms with Crippen LogP contribution in [0, 0.1) is 35.5 Å². The van der Waals surface area contributed by atoms with Crippen LogP contribution in [0.25, 0.3) is 0 Å². The first-order valence-corrected chi connectivity index (χ1v) is 32.6. The number of piperazine rings is 1. The third-order valence-electron chi connectivity index (χ3n) is 18.8. The van der Waals surface area contributed by atoms with Gasteiger partial charge in [0.1, 0.15) is 36.2 Å². The smallest absolute Gasteiger partial charge is 0.329 e. The third kappa shape index (κ3) is 20.5. The predicted octanol–water partition coefficient (Wildman–Crippen LogP) is 7.62. The van der Waals surface area contributed by atoms with Crippen molar-refractivity contribution in [1.29, 1.82) is 0 Å². The Hall–Kier alpha value is -5.55. The Balaban J connectivity index is 1.15. The molecule has 1 aliphatic carbocycles. The minimum atomic E-state index is -2.47. The maximum Gasteiger partial charge on any atom is 0.329 e. The molecule has 0 unspecified atom stereocenters. The number of aliphatic hydroxyl groups excluding tert-OH is 1. The van der Waals surface area contributed by atoms with Crippen molar-refractivity contribution in [2.24, 2.45) is 35.5 Å². The summed E-state index contributed by atoms with van der Waals surface area (Å²) >= 11 is 0. The number of aliphatic hydroxyl groups is 2. The number of ether oxygens (including phenoxy) is 7. The van der Waals surface area contributed by atoms with Crippen LogP contribution in [0.3, 0.4) is 0 Å². The van der Waals surface area contributed by atoms with Gasteiger partial charge in [-0.15, -0.1) is 0 Å². The monoisotopic (exact) mass is 1250 g/mol. The van der Waals surface area contributed by atoms with E-state index in [0.717, 1.165) is 17.6 Å². The second kappa shape index (κ2) is 35.3. The van der Waals surface area contributed by atoms with Crippen LogP contribution >= 0.6 is 0 Å². The number of rotatable bonds is 16. The molecule has 1 aromatic heterocycles. The minimum Gasteiger partial charge on any atom is -0.460 e. The van der Waals surface area contributed by atoms with E-state index in [0.29, 0.717) is 128 Å². The first-order valence-electron chi connectivity index (χ1n) is 32.6. The molecule has 0 radical (unpaired) electrons. The molecule has 2 amide bonds. The van der Waals surface area contributed by atoms with Gasteiger partial charge in [-0.1, -0.05) is 78.0 Å². The number of aromatic nitrogens is 2. The summed E-state index contributed by atoms with van der Waals surface area (Å²) in [6.07, 6.45) is 15.5. The fourth-order valence-electron chi connectivity index (χ4n) is 13.1. The van der Waals surface area contributed by atoms with Crippen molar-refractivity contribution in [2.45, 2.75) is 213 Å². The summed E-state index contributed by atoms with van der Waals surface area (Å²) in [7, 11) is 4.52. The molecule has 4 fully saturated rings. The van der Waals surface area contributed by atoms with Crippen molar-refractivity contribution in [3.63, 3.8) is 0 Å². The van der Waals surface area contributed by atoms with E-state index in [9.17, 15) is 43.8 Å². The van der Waals surface area contributed by atoms with E-state index in [1.54, 1.807) is 53.5 Å². The summed E-state index contributed by atoms with van der Waals surface area (Å²) in [5.41, 5.74) is 2.00. The van der Waals surface area contributed by atoms with E-state index in [2.05, 4.69) is 9.97 Å². The number of carbonyl (C=O) groups excluding carboxylic acids is 7. The Bertz CT molecular complexity index is 2640. The molecule has 21 nitrogen and oxygen atoms in total. The molecule has 496 valence electrons. The normalized spacial score (nSPS) is 33.7. The molecule has 5 aliphatic rings. The number of piperidine rings is 1. The van der Waals surface area contributed by atoms with E-state index in [1.807, 2.05) is 74.8 Å². The highest BCUT2D eigenvalue weighted by molar-refractivity contribution is 6.39. The first kappa shape index (κ1) is 72.5. The number of cyclic esters (lactones) is 1. The summed E-state index contributed by atoms with van der Waals surface area (Å²) in [5.74, 6) is -8.24. The standard InChI is InChI=1S/C68H103N5O16/c1-12-33-86-34-27-59(75)71-29-31-72(32-30-71)67-69-41-51(42-70-67)23-26-60(76)87-55-25-22-50(38-58(55)84-10)37-46(5)57-40-54(74)45(4)36-48(7)62(78)63(85-11)61(77)47(6)35-43(2)18-14-13-15-19-44(3)56(83-9)39-52-24-21-49(8)68(82,89-52)64(79)65(80)73-28-17-16-20-53(73)66(81)88-57/h13-15,18-19,36,41-43,45-47,49-50,52-53,55-58,62-63,78,82H,12,16-17,20-35,37-40H2,1-11H3/b15-13+,18-14+,44-19+,48-36+/t43-,45-,46-,47-,49-,50+,52+,53+,55-,56+,57+,58-,62-,63+,68-/m1/s1. The zero-order valence-corrected chi connectivity index (χ0v) is 54.8. The summed E-state index contributed by atoms with van der Waals surface area (Å²) in [4.78, 5) is 112. The van der Waals surface area contributed by atoms with Crippen LogP contribution < -0.4 is 4.90 Å². The van der Waals surface area contributed by atoms with Crippen molar-refractivity contribution in [1.82, 2.24) is 19.8 Å². The minimum absolute atomic E-state index is 0.000548. The van der Waals surface area contributed by atoms with Crippen molar-refractivity contribution in [2.75, 3.05) is 72.2 Å². The third-order valence-corrected chi connectivity index (χ3v) is 18.8. The average Bonchev–Trinajstić information content (AvgIpc) is 3.70. The highest BCUT2D eigenvalue weighted by atomic mass is 16.6. The number of carbonyl (C=O) groups is 7. The molecule has 3 saturated heterocycles. The Morgan fingerprint density at radius 1 is 0.809 bits per heavy atom. The lowest BCUT2D eigenvalue weighted by atomic mass is 9.78. The molecule has 2 N–H and O–H groups in total. The molecule has 89 heavy (non-hydrogen) atoms. The lowest BCUT2D eigenvalue weighted by molar-refractivity contribution is -0.265. The van der Waals surface area contributed by atoms with Crippen molar-refractivity contribution >= 4 is 47.1 Å². The average molecular weight is 1250 g/mol. The molecule has 1 aromatic rings. The molecule has 0 aromatic carbocycles. The molecule has 2 bridgehead atoms. The SMILES string of the molecule is CCCOCCC(=O)N1CCN(c2ncc(CCC(=O)O[C@@H]3CC[C@@H](C[C@@H](C)[C@@H]4CC(=O)[C@H](C)/C=C(\C)[C@@H](O)[C@@H](OC)C(=O)[C@H](C)C[C@H](C)/C=C/C=C/C=C(\C)[C@@H](OC)C[C@@H]5CC[C@@H](C)[C@@](O)(O5)C(=O)C(=O)N5CCCC[C@H]5C(=O)O4)C[C@H]3OC)cn2)CC1. The molecule has 5 heterocycles. The highest BCUT2D eigenvalue weighted by Crippen LogP contribution is 2.38. The number of nitrogens with zero attached hydrogens (tertiary/aromatic N) is 5. The number of methoxy groups -OCH3 is 3. The second-order valence-corrected chi connectivity index (χ2v) is 25.7. The molecule has 6 rings (SSSR count). The van der Waals surface area contributed by atoms with Crippen molar-refractivity contribution in [3.05, 3.63) is 65.6 Å². The number of hydrogen-bond donors (Lipinski definition) is 2. The van der Waals surface area contributed by atoms with Gasteiger partial charge in [0.15, 0.2) is 5.78 Å². The first-order chi connectivity index (χ1) is 42.5. The van der Waals surface area contributed by atoms with E-state index in [-0.39, 0.29) is 61.1 Å². The summed E-state index contributed by atoms with van der Waals surface area (Å²) in [6.45, 7) is 18.1. The molecular weight excluding hydrogens is 1140 g/mol. The van der Waals surface area contributed by atoms with Crippen LogP contribution in [0.5, 0.6) is 0 Å². The predicted molar refractivity (Wildman–Crippen MR) is 334 cm³/mol. The van der Waals surface area contributed by atoms with E-state index in [4.69, 9.17) is 33.2 Å². The van der Waals surface area contributed by atoms with Gasteiger partial charge in [0.2, 0.25) is 17.6 Å². The molecular formula is C68H103N5O16. The quantitative estimate of drug-likeness (QED) is 0.0698. The van der Waals surface area contributed by atoms with Gasteiger partial charge in [-0.05, 0) is 125 Å². The van der Waals surface area contributed by atoms with Gasteiger partial charge < -0.3 is 58.1 Å². The Morgan fingerprint density at radius 2 is 1.54 bits per heavy atom. The van der Waals surface area contributed by atoms with Crippen molar-refractivity contribution in [3.8, 4) is 0 Å². The van der Waals surface area contributed by atoms with Gasteiger partial charge >= 0.3 is 11.9 Å². The molecule has 1 saturated carbocycles. The Morgan fingerprint density at radius 3 is 2.22 bits per heavy atom. The number of allylic oxidation sites excluding steroid dienone is 6. The summed E-state index contributed by atoms with van der Waals surface area (Å²) in [6, 6.07) is -1.20. The number of anilines is 1. The van der Waals surface area contributed by atoms with Gasteiger partial charge in [-0.2, -0.15) is 0 Å². The lowest BCUT2D eigenvalue weighted by Gasteiger charge is -2.42. The van der Waals surface area contributed by atoms with E-state index >= 15 is 0 Å². The maximum atomic E-state index is 14.7. The number of ketones is 3. The molecule has 15 atom stereocenters. The fourth-order valence-corrected chi connectivity index (χ4v) is 13.1. The van der Waals surface area contributed by atoms with Crippen LogP contribution in [-0.2, 0) is 73.1 Å². The number of fused-ring (bicyclic) bond motifs is 3. The van der Waals surface area contributed by atoms with Crippen LogP contribution in [-0.4, -0.2) is 193 Å². The van der Waals surface area contributed by atoms with Crippen molar-refractivity contribution < 1.29 is 76.9 Å². The van der Waals surface area contributed by atoms with Crippen LogP contribution in [0.1, 0.15) is 157 Å². The highest BCUT2D eigenvalue weighted by Gasteiger charge is 2.53. The largest absolute Gasteiger partial charge is 0.460 e. The van der Waals surface area contributed by atoms with Gasteiger partial charge in [-0.25, -0.2) is 14.8 Å². The van der Waals surface area contributed by atoms with Gasteiger partial charge in [0, 0.05) is 110 Å². The topological polar surface area (TPSA) is 260 Å². The Kier molecular flexibility index (Phi) is 28.8. The second-order valence-electron chi connectivity index (χ2n) is 25.7. The van der Waals surface area contributed by atoms with Gasteiger partial charge in [0.25, 0.3) is 11.7 Å². The molecule has 21 heteroatoms. The van der Waals surface area contributed by atoms with E-state index in [1.165, 1.54) is 12.0 Å². The Labute approximate surface area is 527 Å². The number of hydrogen-bond acceptors (Lipinski definition) is 19. The van der Waals surface area contributed by atoms with Crippen LogP contribution in [0.4, 0.5) is 5.95 Å². The fraction of sp³-hybridized carbons (Fsp3) is 0.721. The van der Waals surface area contributed by atoms with Gasteiger partial charge in [0.05, 0.1) is 31.3 Å². The number of amides is 2. The number of aryl methyl sites for hydroxylation is 1. The molecule has 0 spiro atoms. The summed E-state index contributed by atoms with van der Waals surface area (Å²) < 4.78 is 41.6. The zero-order chi connectivity index (χ0) is 65.0. The van der Waals surface area contributed by atoms with Crippen LogP contribution in [0.2, 0.25) is 0 Å². The molecule has 4 aliphatic heterocycles. The van der Waals surface area contributed by atoms with Gasteiger partial charge in [-0.3, -0.25) is 28.8 Å². The lowest BCUT2D eigenvalue weighted by Crippen LogP contribution is -2.61. The summed E-state index contributed by atoms with van der Waals surface area (Å²) in [5, 5.41) is 23.7. The maximum absolute atomic E-state index is 14.7. The van der Waals surface area contributed by atoms with Crippen LogP contribution in [0.15, 0.2) is 60.0 Å². The number of Topliss-reactive ketones (excluding diaryl/α,β-unsaturated/α-hetero) is 3. The van der Waals surface area contributed by atoms with E-state index < -0.39 is 95.9 Å². The number of esters is 2.